The van der Waals surface area contributed by atoms with Gasteiger partial charge in [0.25, 0.3) is 5.56 Å². The first-order valence-corrected chi connectivity index (χ1v) is 10.9. The summed E-state index contributed by atoms with van der Waals surface area (Å²) < 4.78 is 7.21. The third-order valence-corrected chi connectivity index (χ3v) is 7.38. The summed E-state index contributed by atoms with van der Waals surface area (Å²) in [5.74, 6) is 1.45. The summed E-state index contributed by atoms with van der Waals surface area (Å²) >= 11 is 3.20. The number of thiophene rings is 1. The number of thioether (sulfide) groups is 1. The molecule has 2 unspecified atom stereocenters. The Morgan fingerprint density at radius 1 is 1.41 bits per heavy atom. The van der Waals surface area contributed by atoms with Crippen molar-refractivity contribution in [2.45, 2.75) is 49.7 Å². The van der Waals surface area contributed by atoms with Crippen LogP contribution in [0.3, 0.4) is 0 Å². The van der Waals surface area contributed by atoms with E-state index in [1.165, 1.54) is 10.4 Å². The summed E-state index contributed by atoms with van der Waals surface area (Å²) in [4.78, 5) is 20.4. The van der Waals surface area contributed by atoms with E-state index in [1.54, 1.807) is 33.9 Å². The highest BCUT2D eigenvalue weighted by Gasteiger charge is 2.25. The number of fused-ring (bicyclic) bond motifs is 3. The van der Waals surface area contributed by atoms with Crippen LogP contribution in [-0.4, -0.2) is 32.7 Å². The first kappa shape index (κ1) is 17.4. The largest absolute Gasteiger partial charge is 0.467 e. The zero-order chi connectivity index (χ0) is 18.4. The Morgan fingerprint density at radius 3 is 3.11 bits per heavy atom. The van der Waals surface area contributed by atoms with Gasteiger partial charge in [-0.2, -0.15) is 0 Å². The fraction of sp³-hybridized carbons (Fsp3) is 0.444. The number of nitrogens with one attached hydrogen (secondary N) is 2. The molecule has 4 heterocycles. The molecule has 5 rings (SSSR count). The lowest BCUT2D eigenvalue weighted by Gasteiger charge is -2.13. The predicted molar refractivity (Wildman–Crippen MR) is 105 cm³/mol. The van der Waals surface area contributed by atoms with Crippen molar-refractivity contribution in [3.05, 3.63) is 45.0 Å². The molecule has 27 heavy (non-hydrogen) atoms. The van der Waals surface area contributed by atoms with E-state index in [9.17, 15) is 9.90 Å². The Kier molecular flexibility index (Phi) is 4.57. The van der Waals surface area contributed by atoms with Gasteiger partial charge in [0.1, 0.15) is 16.8 Å². The van der Waals surface area contributed by atoms with E-state index in [-0.39, 0.29) is 11.6 Å². The molecule has 0 bridgehead atoms. The van der Waals surface area contributed by atoms with Crippen LogP contribution in [0.25, 0.3) is 10.2 Å². The SMILES string of the molecule is O=c1c2c3c(sc2nc(SCC2CC(O)NN2)n1Cc1ccco1)CCC3. The van der Waals surface area contributed by atoms with Gasteiger partial charge in [0.15, 0.2) is 5.16 Å². The van der Waals surface area contributed by atoms with Crippen molar-refractivity contribution in [1.29, 1.82) is 0 Å². The van der Waals surface area contributed by atoms with Gasteiger partial charge in [-0.05, 0) is 37.0 Å². The average molecular weight is 405 g/mol. The van der Waals surface area contributed by atoms with Gasteiger partial charge in [0, 0.05) is 23.1 Å². The zero-order valence-electron chi connectivity index (χ0n) is 14.6. The van der Waals surface area contributed by atoms with Crippen LogP contribution in [0.2, 0.25) is 0 Å². The second-order valence-electron chi connectivity index (χ2n) is 6.95. The molecule has 142 valence electrons. The van der Waals surface area contributed by atoms with Crippen LogP contribution in [0.5, 0.6) is 0 Å². The van der Waals surface area contributed by atoms with Gasteiger partial charge >= 0.3 is 0 Å². The molecule has 9 heteroatoms. The number of hydrazine groups is 1. The molecule has 0 saturated carbocycles. The quantitative estimate of drug-likeness (QED) is 0.442. The van der Waals surface area contributed by atoms with Gasteiger partial charge in [-0.25, -0.2) is 10.4 Å². The van der Waals surface area contributed by atoms with Gasteiger partial charge in [-0.3, -0.25) is 14.8 Å². The number of rotatable bonds is 5. The van der Waals surface area contributed by atoms with Crippen LogP contribution in [-0.2, 0) is 19.4 Å². The molecule has 0 aromatic carbocycles. The minimum atomic E-state index is -0.531. The van der Waals surface area contributed by atoms with Crippen LogP contribution in [0, 0.1) is 0 Å². The van der Waals surface area contributed by atoms with Crippen molar-refractivity contribution < 1.29 is 9.52 Å². The number of aliphatic hydroxyl groups is 1. The number of hydrogen-bond acceptors (Lipinski definition) is 8. The molecule has 7 nitrogen and oxygen atoms in total. The van der Waals surface area contributed by atoms with Gasteiger partial charge in [-0.1, -0.05) is 11.8 Å². The van der Waals surface area contributed by atoms with Crippen molar-refractivity contribution in [3.63, 3.8) is 0 Å². The summed E-state index contributed by atoms with van der Waals surface area (Å²) in [7, 11) is 0. The number of aliphatic hydroxyl groups excluding tert-OH is 1. The number of hydrogen-bond donors (Lipinski definition) is 3. The molecule has 3 aromatic rings. The van der Waals surface area contributed by atoms with E-state index < -0.39 is 6.23 Å². The van der Waals surface area contributed by atoms with Crippen LogP contribution < -0.4 is 16.4 Å². The summed E-state index contributed by atoms with van der Waals surface area (Å²) in [5.41, 5.74) is 7.11. The molecule has 2 aliphatic rings. The molecule has 2 atom stereocenters. The minimum absolute atomic E-state index is 0.0239. The maximum Gasteiger partial charge on any atom is 0.263 e. The molecule has 1 aliphatic heterocycles. The van der Waals surface area contributed by atoms with Crippen molar-refractivity contribution >= 4 is 33.3 Å². The lowest BCUT2D eigenvalue weighted by molar-refractivity contribution is 0.153. The van der Waals surface area contributed by atoms with Gasteiger partial charge < -0.3 is 9.52 Å². The first-order valence-electron chi connectivity index (χ1n) is 9.08. The normalized spacial score (nSPS) is 22.0. The highest BCUT2D eigenvalue weighted by molar-refractivity contribution is 7.99. The van der Waals surface area contributed by atoms with Gasteiger partial charge in [-0.15, -0.1) is 11.3 Å². The summed E-state index contributed by atoms with van der Waals surface area (Å²) in [6.07, 6.45) is 4.85. The monoisotopic (exact) mass is 404 g/mol. The summed E-state index contributed by atoms with van der Waals surface area (Å²) in [5, 5.41) is 11.1. The highest BCUT2D eigenvalue weighted by Crippen LogP contribution is 2.35. The van der Waals surface area contributed by atoms with Crippen molar-refractivity contribution in [2.24, 2.45) is 0 Å². The lowest BCUT2D eigenvalue weighted by Crippen LogP contribution is -2.34. The number of aryl methyl sites for hydroxylation is 2. The average Bonchev–Trinajstić information content (AvgIpc) is 3.40. The van der Waals surface area contributed by atoms with Crippen LogP contribution in [0.15, 0.2) is 32.8 Å². The molecule has 3 N–H and O–H groups in total. The Labute approximate surface area is 163 Å². The molecule has 0 radical (unpaired) electrons. The molecule has 3 aromatic heterocycles. The van der Waals surface area contributed by atoms with E-state index in [2.05, 4.69) is 10.9 Å². The van der Waals surface area contributed by atoms with Gasteiger partial charge in [0.05, 0.1) is 18.2 Å². The minimum Gasteiger partial charge on any atom is -0.467 e. The van der Waals surface area contributed by atoms with E-state index in [0.717, 1.165) is 35.2 Å². The number of furan rings is 1. The Hall–Kier alpha value is -1.65. The maximum absolute atomic E-state index is 13.4. The van der Waals surface area contributed by atoms with E-state index in [0.29, 0.717) is 23.9 Å². The first-order chi connectivity index (χ1) is 13.2. The molecule has 0 spiro atoms. The second kappa shape index (κ2) is 7.06. The van der Waals surface area contributed by atoms with Crippen molar-refractivity contribution in [2.75, 3.05) is 5.75 Å². The second-order valence-corrected chi connectivity index (χ2v) is 9.02. The van der Waals surface area contributed by atoms with E-state index in [4.69, 9.17) is 9.40 Å². The third-order valence-electron chi connectivity index (χ3n) is 5.06. The van der Waals surface area contributed by atoms with E-state index >= 15 is 0 Å². The maximum atomic E-state index is 13.4. The molecule has 1 aliphatic carbocycles. The fourth-order valence-electron chi connectivity index (χ4n) is 3.75. The summed E-state index contributed by atoms with van der Waals surface area (Å²) in [6, 6.07) is 3.83. The van der Waals surface area contributed by atoms with Crippen LogP contribution in [0.1, 0.15) is 29.0 Å². The number of nitrogens with zero attached hydrogens (tertiary/aromatic N) is 2. The van der Waals surface area contributed by atoms with Gasteiger partial charge in [0.2, 0.25) is 0 Å². The Bertz CT molecular complexity index is 1030. The number of aromatic nitrogens is 2. The predicted octanol–water partition coefficient (Wildman–Crippen LogP) is 1.86. The van der Waals surface area contributed by atoms with Crippen LogP contribution >= 0.6 is 23.1 Å². The zero-order valence-corrected chi connectivity index (χ0v) is 16.2. The molecular formula is C18H20N4O3S2. The highest BCUT2D eigenvalue weighted by atomic mass is 32.2. The third kappa shape index (κ3) is 3.23. The summed E-state index contributed by atoms with van der Waals surface area (Å²) in [6.45, 7) is 0.376. The molecule has 0 amide bonds. The fourth-order valence-corrected chi connectivity index (χ4v) is 6.09. The Morgan fingerprint density at radius 2 is 2.33 bits per heavy atom. The Balaban J connectivity index is 1.54. The van der Waals surface area contributed by atoms with E-state index in [1.807, 2.05) is 12.1 Å². The van der Waals surface area contributed by atoms with Crippen molar-refractivity contribution in [3.8, 4) is 0 Å². The smallest absolute Gasteiger partial charge is 0.263 e. The molecule has 1 fully saturated rings. The topological polar surface area (TPSA) is 92.3 Å². The molecule has 1 saturated heterocycles. The van der Waals surface area contributed by atoms with Crippen LogP contribution in [0.4, 0.5) is 0 Å². The van der Waals surface area contributed by atoms with Crippen molar-refractivity contribution in [1.82, 2.24) is 20.4 Å². The lowest BCUT2D eigenvalue weighted by atomic mass is 10.2. The standard InChI is InChI=1S/C18H20N4O3S2/c23-14-7-10(20-21-14)9-26-18-19-16-15(12-4-1-5-13(12)27-16)17(24)22(18)8-11-3-2-6-25-11/h2-3,6,10,14,20-21,23H,1,4-5,7-9H2. The molecular weight excluding hydrogens is 384 g/mol.